The highest BCUT2D eigenvalue weighted by atomic mass is 79.9. The fourth-order valence-corrected chi connectivity index (χ4v) is 9.54. The topological polar surface area (TPSA) is 0 Å². The van der Waals surface area contributed by atoms with E-state index in [9.17, 15) is 0 Å². The summed E-state index contributed by atoms with van der Waals surface area (Å²) in [6.45, 7) is 9.64. The Balaban J connectivity index is 1.26. The van der Waals surface area contributed by atoms with E-state index in [0.29, 0.717) is 0 Å². The van der Waals surface area contributed by atoms with Crippen molar-refractivity contribution in [3.05, 3.63) is 189 Å². The first-order valence-corrected chi connectivity index (χ1v) is 17.1. The molecule has 0 fully saturated rings. The Bertz CT molecular complexity index is 2210. The lowest BCUT2D eigenvalue weighted by atomic mass is 9.67. The van der Waals surface area contributed by atoms with Crippen LogP contribution in [0.1, 0.15) is 72.2 Å². The van der Waals surface area contributed by atoms with Crippen LogP contribution in [0.4, 0.5) is 0 Å². The van der Waals surface area contributed by atoms with Crippen LogP contribution in [0, 0.1) is 0 Å². The number of hydrogen-bond donors (Lipinski definition) is 0. The van der Waals surface area contributed by atoms with E-state index in [4.69, 9.17) is 0 Å². The third-order valence-corrected chi connectivity index (χ3v) is 11.7. The highest BCUT2D eigenvalue weighted by molar-refractivity contribution is 9.10. The first-order chi connectivity index (χ1) is 22.2. The number of rotatable bonds is 3. The van der Waals surface area contributed by atoms with Crippen LogP contribution in [0.25, 0.3) is 33.4 Å². The van der Waals surface area contributed by atoms with Crippen molar-refractivity contribution in [2.75, 3.05) is 0 Å². The molecule has 0 amide bonds. The average molecular weight is 656 g/mol. The van der Waals surface area contributed by atoms with Gasteiger partial charge in [0.1, 0.15) is 0 Å². The largest absolute Gasteiger partial charge is 0.0714 e. The van der Waals surface area contributed by atoms with Crippen molar-refractivity contribution in [2.24, 2.45) is 0 Å². The van der Waals surface area contributed by atoms with E-state index < -0.39 is 5.41 Å². The number of fused-ring (bicyclic) bond motifs is 7. The zero-order chi connectivity index (χ0) is 31.4. The van der Waals surface area contributed by atoms with E-state index >= 15 is 0 Å². The van der Waals surface area contributed by atoms with Crippen LogP contribution in [0.3, 0.4) is 0 Å². The fraction of sp³-hybridized carbons (Fsp3) is 0.156. The maximum atomic E-state index is 3.83. The molecular weight excluding hydrogens is 620 g/mol. The van der Waals surface area contributed by atoms with Gasteiger partial charge in [0.15, 0.2) is 0 Å². The first-order valence-electron chi connectivity index (χ1n) is 16.3. The Hall–Kier alpha value is -4.46. The summed E-state index contributed by atoms with van der Waals surface area (Å²) >= 11 is 3.83. The zero-order valence-corrected chi connectivity index (χ0v) is 28.2. The molecule has 3 aliphatic rings. The minimum Gasteiger partial charge on any atom is -0.0622 e. The summed E-state index contributed by atoms with van der Waals surface area (Å²) in [7, 11) is 0. The van der Waals surface area contributed by atoms with Gasteiger partial charge in [0, 0.05) is 15.3 Å². The molecule has 0 N–H and O–H groups in total. The van der Waals surface area contributed by atoms with Gasteiger partial charge in [0.05, 0.1) is 5.41 Å². The lowest BCUT2D eigenvalue weighted by Gasteiger charge is -2.34. The van der Waals surface area contributed by atoms with E-state index in [1.54, 1.807) is 0 Å². The highest BCUT2D eigenvalue weighted by Gasteiger charge is 2.50. The minimum atomic E-state index is -0.431. The SMILES string of the molecule is CC1(C)C2=C(c3ccccc31)C(C)(C)c1cc(-c3ccc4c(c3)C(c3ccccc3)(c3ccccc3)c3cc(Br)ccc3-4)ccc12. The molecule has 0 aromatic heterocycles. The second-order valence-corrected chi connectivity index (χ2v) is 15.2. The Morgan fingerprint density at radius 2 is 0.848 bits per heavy atom. The standard InChI is InChI=1S/C45H35Br/c1-43(2)37-18-12-11-17-35(37)41-42(43)36-23-20-28(25-38(36)44(41,3)4)29-19-22-33-34-24-21-32(46)27-40(34)45(39(33)26-29,30-13-7-5-8-14-30)31-15-9-6-10-16-31/h5-27H,1-4H3. The second-order valence-electron chi connectivity index (χ2n) is 14.2. The summed E-state index contributed by atoms with van der Waals surface area (Å²) < 4.78 is 1.10. The van der Waals surface area contributed by atoms with Crippen molar-refractivity contribution in [1.82, 2.24) is 0 Å². The van der Waals surface area contributed by atoms with E-state index in [-0.39, 0.29) is 10.8 Å². The molecule has 6 aromatic rings. The van der Waals surface area contributed by atoms with Crippen molar-refractivity contribution in [2.45, 2.75) is 43.9 Å². The van der Waals surface area contributed by atoms with E-state index in [0.717, 1.165) is 4.47 Å². The maximum absolute atomic E-state index is 3.83. The van der Waals surface area contributed by atoms with Crippen molar-refractivity contribution in [1.29, 1.82) is 0 Å². The summed E-state index contributed by atoms with van der Waals surface area (Å²) in [5, 5.41) is 0. The highest BCUT2D eigenvalue weighted by Crippen LogP contribution is 2.63. The molecule has 0 spiro atoms. The van der Waals surface area contributed by atoms with Gasteiger partial charge in [-0.15, -0.1) is 0 Å². The monoisotopic (exact) mass is 654 g/mol. The lowest BCUT2D eigenvalue weighted by molar-refractivity contribution is 0.694. The maximum Gasteiger partial charge on any atom is 0.0714 e. The van der Waals surface area contributed by atoms with E-state index in [2.05, 4.69) is 183 Å². The predicted octanol–water partition coefficient (Wildman–Crippen LogP) is 12.0. The van der Waals surface area contributed by atoms with Gasteiger partial charge in [0.2, 0.25) is 0 Å². The van der Waals surface area contributed by atoms with Crippen LogP contribution in [0.2, 0.25) is 0 Å². The normalized spacial score (nSPS) is 17.2. The van der Waals surface area contributed by atoms with Crippen LogP contribution in [0.15, 0.2) is 144 Å². The number of benzene rings is 6. The van der Waals surface area contributed by atoms with Crippen LogP contribution in [0.5, 0.6) is 0 Å². The van der Waals surface area contributed by atoms with Gasteiger partial charge < -0.3 is 0 Å². The molecule has 0 heterocycles. The molecule has 1 heteroatoms. The summed E-state index contributed by atoms with van der Waals surface area (Å²) in [5.41, 5.74) is 18.5. The Kier molecular flexibility index (Phi) is 5.76. The van der Waals surface area contributed by atoms with Crippen LogP contribution < -0.4 is 0 Å². The summed E-state index contributed by atoms with van der Waals surface area (Å²) in [5.74, 6) is 0. The summed E-state index contributed by atoms with van der Waals surface area (Å²) in [4.78, 5) is 0. The van der Waals surface area contributed by atoms with Gasteiger partial charge in [-0.05, 0) is 102 Å². The average Bonchev–Trinajstić information content (AvgIpc) is 3.61. The second kappa shape index (κ2) is 9.53. The lowest BCUT2D eigenvalue weighted by Crippen LogP contribution is -2.28. The molecule has 46 heavy (non-hydrogen) atoms. The molecule has 0 saturated heterocycles. The fourth-order valence-electron chi connectivity index (χ4n) is 9.18. The quantitative estimate of drug-likeness (QED) is 0.178. The molecule has 6 aromatic carbocycles. The number of hydrogen-bond acceptors (Lipinski definition) is 0. The number of allylic oxidation sites excluding steroid dienone is 2. The van der Waals surface area contributed by atoms with E-state index in [1.807, 2.05) is 0 Å². The third kappa shape index (κ3) is 3.50. The van der Waals surface area contributed by atoms with Gasteiger partial charge in [-0.3, -0.25) is 0 Å². The Labute approximate surface area is 280 Å². The van der Waals surface area contributed by atoms with Gasteiger partial charge >= 0.3 is 0 Å². The molecule has 0 radical (unpaired) electrons. The smallest absolute Gasteiger partial charge is 0.0622 e. The van der Waals surface area contributed by atoms with Crippen molar-refractivity contribution < 1.29 is 0 Å². The number of halogens is 1. The van der Waals surface area contributed by atoms with Crippen LogP contribution in [-0.4, -0.2) is 0 Å². The van der Waals surface area contributed by atoms with Crippen molar-refractivity contribution in [3.8, 4) is 22.3 Å². The van der Waals surface area contributed by atoms with Crippen LogP contribution >= 0.6 is 15.9 Å². The molecule has 222 valence electrons. The molecular formula is C45H35Br. The molecule has 0 nitrogen and oxygen atoms in total. The van der Waals surface area contributed by atoms with Gasteiger partial charge in [-0.25, -0.2) is 0 Å². The van der Waals surface area contributed by atoms with E-state index in [1.165, 1.54) is 77.9 Å². The zero-order valence-electron chi connectivity index (χ0n) is 26.7. The Morgan fingerprint density at radius 1 is 0.391 bits per heavy atom. The Morgan fingerprint density at radius 3 is 1.48 bits per heavy atom. The minimum absolute atomic E-state index is 0.0193. The van der Waals surface area contributed by atoms with Gasteiger partial charge in [-0.2, -0.15) is 0 Å². The molecule has 0 unspecified atom stereocenters. The summed E-state index contributed by atoms with van der Waals surface area (Å²) in [6.07, 6.45) is 0. The first kappa shape index (κ1) is 27.8. The molecule has 9 rings (SSSR count). The van der Waals surface area contributed by atoms with Gasteiger partial charge in [-0.1, -0.05) is 159 Å². The molecule has 0 bridgehead atoms. The molecule has 0 saturated carbocycles. The van der Waals surface area contributed by atoms with Crippen molar-refractivity contribution >= 4 is 27.1 Å². The van der Waals surface area contributed by atoms with Gasteiger partial charge in [0.25, 0.3) is 0 Å². The van der Waals surface area contributed by atoms with Crippen LogP contribution in [-0.2, 0) is 16.2 Å². The predicted molar refractivity (Wildman–Crippen MR) is 196 cm³/mol. The summed E-state index contributed by atoms with van der Waals surface area (Å²) in [6, 6.07) is 52.4. The molecule has 0 aliphatic heterocycles. The molecule has 0 atom stereocenters. The third-order valence-electron chi connectivity index (χ3n) is 11.2. The van der Waals surface area contributed by atoms with Crippen molar-refractivity contribution in [3.63, 3.8) is 0 Å². The molecule has 3 aliphatic carbocycles.